The number of benzene rings is 1. The molecule has 0 saturated heterocycles. The number of hydrogen-bond donors (Lipinski definition) is 4. The maximum atomic E-state index is 12.4. The van der Waals surface area contributed by atoms with E-state index in [9.17, 15) is 19.5 Å². The molecule has 0 aliphatic heterocycles. The van der Waals surface area contributed by atoms with Crippen LogP contribution in [-0.4, -0.2) is 41.3 Å². The Balaban J connectivity index is 0.00000139. The van der Waals surface area contributed by atoms with Crippen molar-refractivity contribution in [3.05, 3.63) is 54.1 Å². The lowest BCUT2D eigenvalue weighted by Crippen LogP contribution is -2.65. The first-order valence-corrected chi connectivity index (χ1v) is 17.9. The highest BCUT2D eigenvalue weighted by atomic mass is 16.4. The van der Waals surface area contributed by atoms with Crippen LogP contribution in [0.4, 0.5) is 4.79 Å². The number of nitrogens with one attached hydrogen (secondary N) is 2. The summed E-state index contributed by atoms with van der Waals surface area (Å²) in [6.07, 6.45) is 16.2. The molecule has 0 spiro atoms. The summed E-state index contributed by atoms with van der Waals surface area (Å²) in [4.78, 5) is 34.8. The Labute approximate surface area is 282 Å². The van der Waals surface area contributed by atoms with E-state index < -0.39 is 11.9 Å². The van der Waals surface area contributed by atoms with Gasteiger partial charge in [-0.3, -0.25) is 4.79 Å². The number of rotatable bonds is 6. The van der Waals surface area contributed by atoms with E-state index in [1.807, 2.05) is 19.1 Å². The minimum absolute atomic E-state index is 0.00310. The molecule has 0 bridgehead atoms. The molecule has 8 atom stereocenters. The molecule has 1 aromatic carbocycles. The molecule has 0 aromatic heterocycles. The number of hydrogen-bond acceptors (Lipinski definition) is 3. The van der Waals surface area contributed by atoms with Crippen molar-refractivity contribution in [3.63, 3.8) is 0 Å². The smallest absolute Gasteiger partial charge is 0.335 e. The fourth-order valence-electron chi connectivity index (χ4n) is 12.4. The minimum Gasteiger partial charge on any atom is -0.480 e. The summed E-state index contributed by atoms with van der Waals surface area (Å²) in [7, 11) is 0. The molecule has 7 heteroatoms. The van der Waals surface area contributed by atoms with E-state index in [4.69, 9.17) is 5.11 Å². The van der Waals surface area contributed by atoms with Gasteiger partial charge in [-0.2, -0.15) is 0 Å². The number of aliphatic carboxylic acids is 1. The predicted molar refractivity (Wildman–Crippen MR) is 187 cm³/mol. The van der Waals surface area contributed by atoms with Gasteiger partial charge in [0.2, 0.25) is 0 Å². The zero-order valence-electron chi connectivity index (χ0n) is 29.6. The molecule has 0 radical (unpaired) electrons. The number of carbonyl (C=O) groups excluding carboxylic acids is 1. The molecule has 4 fully saturated rings. The van der Waals surface area contributed by atoms with Crippen molar-refractivity contribution >= 4 is 23.5 Å². The number of amides is 2. The second kappa shape index (κ2) is 12.7. The van der Waals surface area contributed by atoms with Crippen LogP contribution in [0.25, 0.3) is 5.57 Å². The first-order valence-electron chi connectivity index (χ1n) is 17.9. The predicted octanol–water partition coefficient (Wildman–Crippen LogP) is 8.81. The van der Waals surface area contributed by atoms with Gasteiger partial charge in [0.15, 0.2) is 0 Å². The van der Waals surface area contributed by atoms with Gasteiger partial charge in [-0.25, -0.2) is 9.59 Å². The maximum absolute atomic E-state index is 12.4. The van der Waals surface area contributed by atoms with Gasteiger partial charge < -0.3 is 20.8 Å². The minimum atomic E-state index is -1.03. The zero-order chi connectivity index (χ0) is 34.4. The Morgan fingerprint density at radius 1 is 0.851 bits per heavy atom. The Morgan fingerprint density at radius 2 is 1.53 bits per heavy atom. The van der Waals surface area contributed by atoms with Crippen LogP contribution in [0.1, 0.15) is 122 Å². The lowest BCUT2D eigenvalue weighted by atomic mass is 9.32. The van der Waals surface area contributed by atoms with Gasteiger partial charge in [0.25, 0.3) is 0 Å². The van der Waals surface area contributed by atoms with Gasteiger partial charge in [0.1, 0.15) is 6.54 Å². The monoisotopic (exact) mass is 646 g/mol. The van der Waals surface area contributed by atoms with Crippen LogP contribution in [0.5, 0.6) is 0 Å². The van der Waals surface area contributed by atoms with Crippen molar-refractivity contribution in [3.8, 4) is 0 Å². The van der Waals surface area contributed by atoms with E-state index in [1.54, 1.807) is 18.2 Å². The van der Waals surface area contributed by atoms with Crippen LogP contribution < -0.4 is 10.6 Å². The molecule has 5 aliphatic rings. The first kappa shape index (κ1) is 35.2. The Kier molecular flexibility index (Phi) is 9.55. The Bertz CT molecular complexity index is 1420. The third-order valence-electron chi connectivity index (χ3n) is 14.6. The molecule has 5 aliphatic carbocycles. The van der Waals surface area contributed by atoms with E-state index in [2.05, 4.69) is 57.9 Å². The van der Waals surface area contributed by atoms with Gasteiger partial charge in [0, 0.05) is 6.54 Å². The van der Waals surface area contributed by atoms with Gasteiger partial charge in [-0.05, 0) is 139 Å². The summed E-state index contributed by atoms with van der Waals surface area (Å²) in [5, 5.41) is 23.9. The van der Waals surface area contributed by atoms with Crippen LogP contribution in [0.2, 0.25) is 0 Å². The summed E-state index contributed by atoms with van der Waals surface area (Å²) in [6.45, 7) is 18.3. The molecule has 1 aromatic rings. The molecule has 7 nitrogen and oxygen atoms in total. The van der Waals surface area contributed by atoms with Crippen LogP contribution >= 0.6 is 0 Å². The third kappa shape index (κ3) is 5.73. The fraction of sp³-hybridized carbons (Fsp3) is 0.675. The molecule has 47 heavy (non-hydrogen) atoms. The average Bonchev–Trinajstić information content (AvgIpc) is 3.44. The molecule has 7 unspecified atom stereocenters. The quantitative estimate of drug-likeness (QED) is 0.231. The number of carboxylic acid groups (broad SMARTS) is 2. The average molecular weight is 647 g/mol. The molecule has 6 rings (SSSR count). The summed E-state index contributed by atoms with van der Waals surface area (Å²) in [5.41, 5.74) is 3.70. The van der Waals surface area contributed by atoms with E-state index in [0.717, 1.165) is 24.8 Å². The number of aromatic carboxylic acids is 1. The van der Waals surface area contributed by atoms with Crippen LogP contribution in [0.15, 0.2) is 43.0 Å². The van der Waals surface area contributed by atoms with Crippen molar-refractivity contribution in [2.75, 3.05) is 13.1 Å². The van der Waals surface area contributed by atoms with Crippen molar-refractivity contribution in [1.82, 2.24) is 10.6 Å². The molecular weight excluding hydrogens is 588 g/mol. The van der Waals surface area contributed by atoms with Crippen molar-refractivity contribution < 1.29 is 24.6 Å². The highest BCUT2D eigenvalue weighted by Crippen LogP contribution is 2.77. The Hall–Kier alpha value is -3.09. The molecule has 258 valence electrons. The number of carboxylic acids is 2. The first-order chi connectivity index (χ1) is 22.1. The fourth-order valence-corrected chi connectivity index (χ4v) is 12.4. The van der Waals surface area contributed by atoms with Crippen molar-refractivity contribution in [2.45, 2.75) is 106 Å². The van der Waals surface area contributed by atoms with E-state index in [1.165, 1.54) is 50.5 Å². The summed E-state index contributed by atoms with van der Waals surface area (Å²) in [6, 6.07) is 7.12. The number of allylic oxidation sites excluding steroid dienone is 3. The molecule has 4 saturated carbocycles. The third-order valence-corrected chi connectivity index (χ3v) is 14.6. The van der Waals surface area contributed by atoms with Gasteiger partial charge in [0.05, 0.1) is 5.56 Å². The number of fused-ring (bicyclic) bond motifs is 7. The summed E-state index contributed by atoms with van der Waals surface area (Å²) >= 11 is 0. The van der Waals surface area contributed by atoms with Crippen LogP contribution in [0, 0.1) is 50.7 Å². The molecular formula is C40H58N2O5. The van der Waals surface area contributed by atoms with Gasteiger partial charge in [-0.1, -0.05) is 65.3 Å². The van der Waals surface area contributed by atoms with Crippen LogP contribution in [-0.2, 0) is 4.79 Å². The van der Waals surface area contributed by atoms with Crippen molar-refractivity contribution in [2.24, 2.45) is 50.7 Å². The lowest BCUT2D eigenvalue weighted by Gasteiger charge is -2.72. The highest BCUT2D eigenvalue weighted by Gasteiger charge is 2.69. The van der Waals surface area contributed by atoms with Crippen molar-refractivity contribution in [1.29, 1.82) is 0 Å². The topological polar surface area (TPSA) is 116 Å². The second-order valence-electron chi connectivity index (χ2n) is 16.8. The largest absolute Gasteiger partial charge is 0.480 e. The summed E-state index contributed by atoms with van der Waals surface area (Å²) in [5.74, 6) is 0.560. The SMILES string of the molecule is C=CC.CC1(C)C(c2ccc(C(=O)O)cc2)=CCC2(C)C1CCC1(C)C2CCC2C3CCCC3(CNC(=O)NCC(=O)O)CC[C@]21C. The zero-order valence-corrected chi connectivity index (χ0v) is 29.6. The van der Waals surface area contributed by atoms with E-state index >= 15 is 0 Å². The number of urea groups is 1. The van der Waals surface area contributed by atoms with Crippen LogP contribution in [0.3, 0.4) is 0 Å². The van der Waals surface area contributed by atoms with E-state index in [-0.39, 0.29) is 39.7 Å². The maximum Gasteiger partial charge on any atom is 0.335 e. The second-order valence-corrected chi connectivity index (χ2v) is 16.8. The normalized spacial score (nSPS) is 38.0. The molecule has 2 amide bonds. The summed E-state index contributed by atoms with van der Waals surface area (Å²) < 4.78 is 0. The van der Waals surface area contributed by atoms with Gasteiger partial charge in [-0.15, -0.1) is 6.58 Å². The highest BCUT2D eigenvalue weighted by molar-refractivity contribution is 5.88. The van der Waals surface area contributed by atoms with E-state index in [0.29, 0.717) is 35.8 Å². The standard InChI is InChI=1S/C37H52N2O5.C3H6/c1-33(2)25(23-8-10-24(11-9-23)31(42)43)14-17-34(3)28(33)15-18-36(5)29(34)13-12-26-27-7-6-16-37(27,20-19-35(26,36)4)22-39-32(44)38-21-30(40)41;1-3-2/h8-11,14,26-29H,6-7,12-13,15-22H2,1-5H3,(H,40,41)(H,42,43)(H2,38,39,44);3H,1H2,2H3/t26?,27?,28?,29?,34?,35-,36?,37?;/m1./s1. The number of carbonyl (C=O) groups is 3. The van der Waals surface area contributed by atoms with Gasteiger partial charge >= 0.3 is 18.0 Å². The Morgan fingerprint density at radius 3 is 2.17 bits per heavy atom. The molecule has 0 heterocycles. The molecule has 4 N–H and O–H groups in total. The lowest BCUT2D eigenvalue weighted by molar-refractivity contribution is -0.222.